The van der Waals surface area contributed by atoms with Crippen LogP contribution in [0.25, 0.3) is 0 Å². The number of hydrogen-bond acceptors (Lipinski definition) is 9. The van der Waals surface area contributed by atoms with Gasteiger partial charge in [0.25, 0.3) is 0 Å². The molecule has 1 aliphatic heterocycles. The van der Waals surface area contributed by atoms with Crippen LogP contribution in [0.4, 0.5) is 11.9 Å². The van der Waals surface area contributed by atoms with Crippen LogP contribution in [-0.4, -0.2) is 54.8 Å². The van der Waals surface area contributed by atoms with Gasteiger partial charge in [-0.2, -0.15) is 15.0 Å². The highest BCUT2D eigenvalue weighted by Crippen LogP contribution is 2.25. The second-order valence-corrected chi connectivity index (χ2v) is 5.59. The molecule has 0 atom stereocenters. The Kier molecular flexibility index (Phi) is 4.13. The third kappa shape index (κ3) is 3.20. The molecule has 3 rings (SSSR count). The van der Waals surface area contributed by atoms with Crippen LogP contribution in [0.5, 0.6) is 0 Å². The Morgan fingerprint density at radius 2 is 2.00 bits per heavy atom. The highest BCUT2D eigenvalue weighted by molar-refractivity contribution is 7.99. The predicted octanol–water partition coefficient (Wildman–Crippen LogP) is 0.578. The van der Waals surface area contributed by atoms with Gasteiger partial charge in [-0.15, -0.1) is 5.10 Å². The summed E-state index contributed by atoms with van der Waals surface area (Å²) in [5.74, 6) is 1.31. The Morgan fingerprint density at radius 1 is 1.19 bits per heavy atom. The molecule has 0 radical (unpaired) electrons. The third-order valence-corrected chi connectivity index (χ3v) is 3.98. The second kappa shape index (κ2) is 6.20. The molecule has 10 heteroatoms. The number of nitrogens with one attached hydrogen (secondary N) is 1. The van der Waals surface area contributed by atoms with Crippen LogP contribution in [0.15, 0.2) is 10.3 Å². The number of anilines is 2. The van der Waals surface area contributed by atoms with E-state index in [2.05, 4.69) is 40.7 Å². The molecule has 0 unspecified atom stereocenters. The van der Waals surface area contributed by atoms with Gasteiger partial charge in [-0.3, -0.25) is 0 Å². The molecule has 21 heavy (non-hydrogen) atoms. The van der Waals surface area contributed by atoms with Gasteiger partial charge in [0.05, 0.1) is 0 Å². The molecule has 1 saturated heterocycles. The molecule has 2 aromatic rings. The quantitative estimate of drug-likeness (QED) is 0.850. The molecule has 0 bridgehead atoms. The van der Waals surface area contributed by atoms with Crippen LogP contribution in [0.3, 0.4) is 0 Å². The Morgan fingerprint density at radius 3 is 2.67 bits per heavy atom. The molecule has 0 amide bonds. The van der Waals surface area contributed by atoms with E-state index in [0.717, 1.165) is 25.6 Å². The van der Waals surface area contributed by atoms with Crippen molar-refractivity contribution in [1.29, 1.82) is 0 Å². The summed E-state index contributed by atoms with van der Waals surface area (Å²) in [4.78, 5) is 15.6. The fourth-order valence-corrected chi connectivity index (χ4v) is 2.75. The smallest absolute Gasteiger partial charge is 0.231 e. The summed E-state index contributed by atoms with van der Waals surface area (Å²) < 4.78 is 1.59. The number of aryl methyl sites for hydroxylation is 1. The van der Waals surface area contributed by atoms with Gasteiger partial charge < -0.3 is 10.2 Å². The van der Waals surface area contributed by atoms with Crippen LogP contribution in [0.1, 0.15) is 19.8 Å². The Labute approximate surface area is 126 Å². The van der Waals surface area contributed by atoms with E-state index >= 15 is 0 Å². The standard InChI is InChI=1S/C11H17N9S/c1-3-12-8-13-9(20-6-4-5-7-20)15-10(14-8)21-11-16-17-18-19(11)2/h3-7H2,1-2H3,(H,12,13,14,15). The first-order chi connectivity index (χ1) is 10.3. The lowest BCUT2D eigenvalue weighted by molar-refractivity contribution is 0.663. The lowest BCUT2D eigenvalue weighted by Gasteiger charge is -2.16. The van der Waals surface area contributed by atoms with E-state index in [0.29, 0.717) is 16.3 Å². The molecule has 0 saturated carbocycles. The van der Waals surface area contributed by atoms with E-state index in [9.17, 15) is 0 Å². The van der Waals surface area contributed by atoms with Gasteiger partial charge in [0, 0.05) is 26.7 Å². The molecule has 0 spiro atoms. The lowest BCUT2D eigenvalue weighted by Crippen LogP contribution is -2.22. The summed E-state index contributed by atoms with van der Waals surface area (Å²) in [6.07, 6.45) is 2.36. The van der Waals surface area contributed by atoms with Crippen molar-refractivity contribution >= 4 is 23.7 Å². The van der Waals surface area contributed by atoms with E-state index in [-0.39, 0.29) is 0 Å². The first kappa shape index (κ1) is 14.0. The van der Waals surface area contributed by atoms with Gasteiger partial charge in [0.15, 0.2) is 0 Å². The van der Waals surface area contributed by atoms with Crippen LogP contribution in [0.2, 0.25) is 0 Å². The molecular formula is C11H17N9S. The zero-order chi connectivity index (χ0) is 14.7. The Bertz CT molecular complexity index is 607. The summed E-state index contributed by atoms with van der Waals surface area (Å²) in [6.45, 7) is 4.76. The number of tetrazole rings is 1. The maximum atomic E-state index is 4.53. The topological polar surface area (TPSA) is 97.5 Å². The van der Waals surface area contributed by atoms with E-state index in [1.807, 2.05) is 6.92 Å². The summed E-state index contributed by atoms with van der Waals surface area (Å²) in [5, 5.41) is 15.8. The SMILES string of the molecule is CCNc1nc(Sc2nnnn2C)nc(N2CCCC2)n1. The van der Waals surface area contributed by atoms with Gasteiger partial charge in [-0.1, -0.05) is 0 Å². The zero-order valence-corrected chi connectivity index (χ0v) is 12.8. The second-order valence-electron chi connectivity index (χ2n) is 4.65. The van der Waals surface area contributed by atoms with Crippen molar-refractivity contribution in [1.82, 2.24) is 35.2 Å². The van der Waals surface area contributed by atoms with Crippen LogP contribution >= 0.6 is 11.8 Å². The molecule has 1 fully saturated rings. The van der Waals surface area contributed by atoms with E-state index in [1.54, 1.807) is 11.7 Å². The van der Waals surface area contributed by atoms with Gasteiger partial charge in [0.2, 0.25) is 22.2 Å². The molecular weight excluding hydrogens is 290 g/mol. The van der Waals surface area contributed by atoms with Crippen molar-refractivity contribution in [3.8, 4) is 0 Å². The third-order valence-electron chi connectivity index (χ3n) is 3.09. The zero-order valence-electron chi connectivity index (χ0n) is 12.0. The lowest BCUT2D eigenvalue weighted by atomic mass is 10.4. The summed E-state index contributed by atoms with van der Waals surface area (Å²) in [7, 11) is 1.79. The summed E-state index contributed by atoms with van der Waals surface area (Å²) in [6, 6.07) is 0. The molecule has 0 aromatic carbocycles. The predicted molar refractivity (Wildman–Crippen MR) is 78.4 cm³/mol. The normalized spacial score (nSPS) is 14.7. The largest absolute Gasteiger partial charge is 0.354 e. The van der Waals surface area contributed by atoms with Crippen molar-refractivity contribution in [2.45, 2.75) is 30.1 Å². The first-order valence-corrected chi connectivity index (χ1v) is 7.73. The van der Waals surface area contributed by atoms with Crippen molar-refractivity contribution in [2.75, 3.05) is 29.9 Å². The van der Waals surface area contributed by atoms with E-state index < -0.39 is 0 Å². The first-order valence-electron chi connectivity index (χ1n) is 6.91. The van der Waals surface area contributed by atoms with Gasteiger partial charge >= 0.3 is 0 Å². The minimum atomic E-state index is 0.590. The fraction of sp³-hybridized carbons (Fsp3) is 0.636. The van der Waals surface area contributed by atoms with E-state index in [4.69, 9.17) is 0 Å². The van der Waals surface area contributed by atoms with Crippen molar-refractivity contribution in [3.63, 3.8) is 0 Å². The summed E-state index contributed by atoms with van der Waals surface area (Å²) >= 11 is 1.33. The molecule has 112 valence electrons. The molecule has 3 heterocycles. The highest BCUT2D eigenvalue weighted by atomic mass is 32.2. The average molecular weight is 307 g/mol. The van der Waals surface area contributed by atoms with Gasteiger partial charge in [-0.05, 0) is 42.0 Å². The summed E-state index contributed by atoms with van der Waals surface area (Å²) in [5.41, 5.74) is 0. The molecule has 1 aliphatic rings. The Hall–Kier alpha value is -1.97. The monoisotopic (exact) mass is 307 g/mol. The van der Waals surface area contributed by atoms with Crippen molar-refractivity contribution < 1.29 is 0 Å². The maximum Gasteiger partial charge on any atom is 0.231 e. The molecule has 0 aliphatic carbocycles. The minimum Gasteiger partial charge on any atom is -0.354 e. The number of hydrogen-bond donors (Lipinski definition) is 1. The highest BCUT2D eigenvalue weighted by Gasteiger charge is 2.18. The van der Waals surface area contributed by atoms with Gasteiger partial charge in [-0.25, -0.2) is 4.68 Å². The number of nitrogens with zero attached hydrogens (tertiary/aromatic N) is 8. The fourth-order valence-electron chi connectivity index (χ4n) is 2.08. The molecule has 2 aromatic heterocycles. The van der Waals surface area contributed by atoms with Crippen LogP contribution in [0, 0.1) is 0 Å². The van der Waals surface area contributed by atoms with E-state index in [1.165, 1.54) is 24.6 Å². The Balaban J connectivity index is 1.89. The van der Waals surface area contributed by atoms with Crippen molar-refractivity contribution in [2.24, 2.45) is 7.05 Å². The minimum absolute atomic E-state index is 0.590. The number of aromatic nitrogens is 7. The molecule has 9 nitrogen and oxygen atoms in total. The van der Waals surface area contributed by atoms with Gasteiger partial charge in [0.1, 0.15) is 0 Å². The van der Waals surface area contributed by atoms with Crippen molar-refractivity contribution in [3.05, 3.63) is 0 Å². The van der Waals surface area contributed by atoms with Crippen LogP contribution < -0.4 is 10.2 Å². The number of rotatable bonds is 5. The van der Waals surface area contributed by atoms with Crippen LogP contribution in [-0.2, 0) is 7.05 Å². The maximum absolute atomic E-state index is 4.53. The molecule has 1 N–H and O–H groups in total. The average Bonchev–Trinajstić information content (AvgIpc) is 3.12.